The molecule has 3 nitrogen and oxygen atoms in total. The molecule has 0 fully saturated rings. The van der Waals surface area contributed by atoms with Crippen molar-refractivity contribution in [2.24, 2.45) is 5.41 Å². The number of hydrogen-bond donors (Lipinski definition) is 0. The molecule has 0 saturated heterocycles. The molecule has 259 valence electrons. The first-order valence-electron chi connectivity index (χ1n) is 22.2. The van der Waals surface area contributed by atoms with E-state index in [9.17, 15) is 0 Å². The van der Waals surface area contributed by atoms with Crippen LogP contribution in [0.15, 0.2) is 73.1 Å². The van der Waals surface area contributed by atoms with Gasteiger partial charge in [-0.15, -0.1) is 58.2 Å². The fourth-order valence-electron chi connectivity index (χ4n) is 6.08. The monoisotopic (exact) mass is 866 g/mol. The summed E-state index contributed by atoms with van der Waals surface area (Å²) < 4.78 is 92.8. The third kappa shape index (κ3) is 7.76. The number of rotatable bonds is 3. The number of pyridine rings is 3. The SMILES string of the molecule is Cc1c(CC(C)(C)C)ccc2c1sc1c(-c3[c-]c4ccccc4c(C(C)(C)C)c3)nccc12.[2H]C([2H])([2H])c1c[c-]c(-c2cc(C([2H])([2H])[2H])c(C([2H])([2H])[2H])cn2)c(C([2H])([2H])[2H])n1.[Ir]. The minimum absolute atomic E-state index is 0. The van der Waals surface area contributed by atoms with Crippen LogP contribution in [0.1, 0.15) is 97.2 Å². The van der Waals surface area contributed by atoms with E-state index in [0.29, 0.717) is 0 Å². The molecule has 0 bridgehead atoms. The third-order valence-corrected chi connectivity index (χ3v) is 9.81. The minimum atomic E-state index is -2.84. The molecule has 0 spiro atoms. The molecule has 0 aliphatic carbocycles. The summed E-state index contributed by atoms with van der Waals surface area (Å²) in [4.78, 5) is 12.5. The summed E-state index contributed by atoms with van der Waals surface area (Å²) in [5.41, 5.74) is 4.12. The average Bonchev–Trinajstić information content (AvgIpc) is 3.53. The van der Waals surface area contributed by atoms with Crippen molar-refractivity contribution in [2.75, 3.05) is 0 Å². The second kappa shape index (κ2) is 14.5. The minimum Gasteiger partial charge on any atom is -0.354 e. The van der Waals surface area contributed by atoms with E-state index >= 15 is 0 Å². The molecule has 0 saturated carbocycles. The Morgan fingerprint density at radius 3 is 2.32 bits per heavy atom. The Kier molecular flexibility index (Phi) is 7.07. The molecular weight excluding hydrogens is 807 g/mol. The van der Waals surface area contributed by atoms with E-state index in [0.717, 1.165) is 41.4 Å². The van der Waals surface area contributed by atoms with Crippen LogP contribution in [0.25, 0.3) is 53.5 Å². The largest absolute Gasteiger partial charge is 0.354 e. The van der Waals surface area contributed by atoms with E-state index in [2.05, 4.69) is 119 Å². The number of thiophene rings is 1. The first-order valence-corrected chi connectivity index (χ1v) is 17.0. The molecule has 50 heavy (non-hydrogen) atoms. The van der Waals surface area contributed by atoms with Crippen molar-refractivity contribution < 1.29 is 36.6 Å². The summed E-state index contributed by atoms with van der Waals surface area (Å²) in [5, 5.41) is 5.07. The van der Waals surface area contributed by atoms with Crippen LogP contribution in [0.3, 0.4) is 0 Å². The molecule has 0 N–H and O–H groups in total. The second-order valence-electron chi connectivity index (χ2n) is 14.6. The van der Waals surface area contributed by atoms with E-state index in [-0.39, 0.29) is 42.2 Å². The summed E-state index contributed by atoms with van der Waals surface area (Å²) >= 11 is 1.89. The molecule has 4 heterocycles. The molecule has 7 rings (SSSR count). The van der Waals surface area contributed by atoms with Crippen molar-refractivity contribution in [2.45, 2.75) is 87.7 Å². The normalized spacial score (nSPS) is 16.4. The maximum atomic E-state index is 7.62. The quantitative estimate of drug-likeness (QED) is 0.166. The molecule has 0 aliphatic rings. The van der Waals surface area contributed by atoms with Crippen LogP contribution >= 0.6 is 11.3 Å². The van der Waals surface area contributed by atoms with Crippen LogP contribution in [-0.4, -0.2) is 15.0 Å². The van der Waals surface area contributed by atoms with Crippen LogP contribution in [0, 0.1) is 51.9 Å². The molecular formula is C45H47IrN3S-2. The van der Waals surface area contributed by atoms with Crippen molar-refractivity contribution in [1.82, 2.24) is 15.0 Å². The van der Waals surface area contributed by atoms with Crippen molar-refractivity contribution in [3.8, 4) is 22.5 Å². The number of aromatic nitrogens is 3. The summed E-state index contributed by atoms with van der Waals surface area (Å²) in [6.45, 7) is 5.03. The molecule has 0 unspecified atom stereocenters. The van der Waals surface area contributed by atoms with Crippen molar-refractivity contribution >= 4 is 42.3 Å². The van der Waals surface area contributed by atoms with Gasteiger partial charge in [-0.3, -0.25) is 4.98 Å². The van der Waals surface area contributed by atoms with Gasteiger partial charge in [-0.2, -0.15) is 0 Å². The number of benzene rings is 3. The van der Waals surface area contributed by atoms with Gasteiger partial charge in [-0.05, 0) is 83.1 Å². The van der Waals surface area contributed by atoms with Crippen molar-refractivity contribution in [1.29, 1.82) is 0 Å². The van der Waals surface area contributed by atoms with Gasteiger partial charge in [0.1, 0.15) is 0 Å². The predicted molar refractivity (Wildman–Crippen MR) is 211 cm³/mol. The van der Waals surface area contributed by atoms with Crippen LogP contribution in [-0.2, 0) is 31.9 Å². The topological polar surface area (TPSA) is 38.7 Å². The number of nitrogens with zero attached hydrogens (tertiary/aromatic N) is 3. The van der Waals surface area contributed by atoms with Crippen LogP contribution in [0.4, 0.5) is 0 Å². The summed E-state index contributed by atoms with van der Waals surface area (Å²) in [5.74, 6) is 0. The second-order valence-corrected chi connectivity index (χ2v) is 15.6. The fraction of sp³-hybridized carbons (Fsp3) is 0.311. The van der Waals surface area contributed by atoms with Gasteiger partial charge in [0.05, 0.1) is 0 Å². The zero-order valence-electron chi connectivity index (χ0n) is 41.2. The number of hydrogen-bond acceptors (Lipinski definition) is 4. The first kappa shape index (κ1) is 24.4. The number of fused-ring (bicyclic) bond motifs is 4. The van der Waals surface area contributed by atoms with Gasteiger partial charge >= 0.3 is 0 Å². The van der Waals surface area contributed by atoms with E-state index < -0.39 is 49.9 Å². The summed E-state index contributed by atoms with van der Waals surface area (Å²) in [7, 11) is 0. The molecule has 5 heteroatoms. The maximum Gasteiger partial charge on any atom is 0.0381 e. The van der Waals surface area contributed by atoms with Gasteiger partial charge in [-0.25, -0.2) is 0 Å². The van der Waals surface area contributed by atoms with Gasteiger partial charge in [0.2, 0.25) is 0 Å². The molecule has 0 aliphatic heterocycles. The smallest absolute Gasteiger partial charge is 0.0381 e. The maximum absolute atomic E-state index is 7.62. The van der Waals surface area contributed by atoms with Gasteiger partial charge in [-0.1, -0.05) is 108 Å². The first-order chi connectivity index (χ1) is 27.9. The third-order valence-electron chi connectivity index (χ3n) is 8.46. The molecule has 0 amide bonds. The van der Waals surface area contributed by atoms with Gasteiger partial charge in [0.15, 0.2) is 0 Å². The number of aryl methyl sites for hydroxylation is 5. The standard InChI is InChI=1S/C31H32NS.C14H15N2.Ir/c1-19-21(18-30(2,3)4)12-13-24-25-14-15-32-27(29(25)33-28(19)24)22-16-20-10-8-9-11-23(20)26(17-22)31(5,6)7;1-9-7-14(15-8-10(9)2)13-6-5-11(3)16-12(13)4;/h8-15,17H,18H2,1-7H3;5,7-8H,1-4H3;/q2*-1;/i;1D3,2D3,3D3,4D3;. The van der Waals surface area contributed by atoms with Gasteiger partial charge in [0, 0.05) is 69.4 Å². The Balaban J connectivity index is 0.000000234. The fourth-order valence-corrected chi connectivity index (χ4v) is 7.40. The van der Waals surface area contributed by atoms with E-state index in [1.165, 1.54) is 42.2 Å². The molecule has 3 aromatic carbocycles. The summed E-state index contributed by atoms with van der Waals surface area (Å²) in [6, 6.07) is 25.9. The van der Waals surface area contributed by atoms with Crippen molar-refractivity contribution in [3.63, 3.8) is 0 Å². The Morgan fingerprint density at radius 2 is 1.60 bits per heavy atom. The van der Waals surface area contributed by atoms with Crippen molar-refractivity contribution in [3.05, 3.63) is 124 Å². The Bertz CT molecular complexity index is 2770. The zero-order chi connectivity index (χ0) is 45.2. The van der Waals surface area contributed by atoms with Crippen LogP contribution in [0.5, 0.6) is 0 Å². The molecule has 0 atom stereocenters. The molecule has 1 radical (unpaired) electrons. The van der Waals surface area contributed by atoms with E-state index in [4.69, 9.17) is 21.4 Å². The van der Waals surface area contributed by atoms with Gasteiger partial charge < -0.3 is 9.97 Å². The molecule has 4 aromatic heterocycles. The van der Waals surface area contributed by atoms with E-state index in [1.807, 2.05) is 17.5 Å². The van der Waals surface area contributed by atoms with Crippen LogP contribution in [0.2, 0.25) is 0 Å². The Hall–Kier alpha value is -3.76. The molecule has 7 aromatic rings. The van der Waals surface area contributed by atoms with Gasteiger partial charge in [0.25, 0.3) is 0 Å². The summed E-state index contributed by atoms with van der Waals surface area (Å²) in [6.07, 6.45) is 3.89. The zero-order valence-corrected chi connectivity index (χ0v) is 32.4. The average molecular weight is 866 g/mol. The van der Waals surface area contributed by atoms with E-state index in [1.54, 1.807) is 0 Å². The predicted octanol–water partition coefficient (Wildman–Crippen LogP) is 12.4. The Labute approximate surface area is 332 Å². The Morgan fingerprint density at radius 1 is 0.820 bits per heavy atom. The van der Waals surface area contributed by atoms with Crippen LogP contribution < -0.4 is 0 Å².